The Labute approximate surface area is 404 Å². The third kappa shape index (κ3) is 9.73. The number of imide groups is 2. The Hall–Kier alpha value is -3.54. The van der Waals surface area contributed by atoms with Crippen LogP contribution in [0.3, 0.4) is 0 Å². The third-order valence-corrected chi connectivity index (χ3v) is 11.0. The predicted octanol–water partition coefficient (Wildman–Crippen LogP) is 7.26. The van der Waals surface area contributed by atoms with Crippen molar-refractivity contribution in [3.05, 3.63) is 134 Å². The smallest absolute Gasteiger partial charge is 0.587 e. The van der Waals surface area contributed by atoms with E-state index in [1.165, 1.54) is 11.3 Å². The van der Waals surface area contributed by atoms with E-state index >= 15 is 0 Å². The molecule has 4 aliphatic heterocycles. The number of carbonyl (C=O) groups is 4. The van der Waals surface area contributed by atoms with Crippen LogP contribution in [-0.4, -0.2) is 68.5 Å². The number of fused-ring (bicyclic) bond motifs is 4. The van der Waals surface area contributed by atoms with Gasteiger partial charge in [-0.25, -0.2) is 9.36 Å². The Morgan fingerprint density at radius 1 is 0.700 bits per heavy atom. The molecule has 4 aromatic carbocycles. The van der Waals surface area contributed by atoms with Crippen molar-refractivity contribution in [3.8, 4) is 0 Å². The zero-order chi connectivity index (χ0) is 42.3. The minimum absolute atomic E-state index is 0. The number of benzene rings is 4. The molecule has 0 saturated carbocycles. The first-order valence-electron chi connectivity index (χ1n) is 19.7. The molecule has 2 unspecified atom stereocenters. The molecule has 4 aliphatic rings. The van der Waals surface area contributed by atoms with Crippen LogP contribution in [0.5, 0.6) is 0 Å². The first kappa shape index (κ1) is 44.5. The summed E-state index contributed by atoms with van der Waals surface area (Å²) in [6, 6.07) is 24.9. The summed E-state index contributed by atoms with van der Waals surface area (Å²) in [6.07, 6.45) is 6.19. The molecule has 17 heteroatoms. The molecular formula is C43H39Cl3FKN6O6. The van der Waals surface area contributed by atoms with Gasteiger partial charge in [0, 0.05) is 45.2 Å². The molecule has 0 spiro atoms. The van der Waals surface area contributed by atoms with E-state index in [-0.39, 0.29) is 82.2 Å². The monoisotopic (exact) mass is 899 g/mol. The van der Waals surface area contributed by atoms with Gasteiger partial charge in [-0.3, -0.25) is 18.9 Å². The number of rotatable bonds is 5. The summed E-state index contributed by atoms with van der Waals surface area (Å²) in [5.74, 6) is -1.05. The zero-order valence-electron chi connectivity index (χ0n) is 33.7. The second-order valence-electron chi connectivity index (χ2n) is 13.9. The Morgan fingerprint density at radius 3 is 1.57 bits per heavy atom. The topological polar surface area (TPSA) is 140 Å². The summed E-state index contributed by atoms with van der Waals surface area (Å²) < 4.78 is 31.0. The molecule has 6 aromatic rings. The number of carbonyl (C=O) groups excluding carboxylic acids is 4. The molecule has 2 saturated heterocycles. The Bertz CT molecular complexity index is 2500. The maximum absolute atomic E-state index is 12.7. The summed E-state index contributed by atoms with van der Waals surface area (Å²) >= 11 is 18.2. The summed E-state index contributed by atoms with van der Waals surface area (Å²) in [5, 5.41) is 15.7. The first-order valence-corrected chi connectivity index (χ1v) is 20.2. The Balaban J connectivity index is 0.000000161. The van der Waals surface area contributed by atoms with Crippen molar-refractivity contribution in [3.63, 3.8) is 0 Å². The number of ether oxygens (including phenoxy) is 2. The maximum Gasteiger partial charge on any atom is 1.00 e. The average Bonchev–Trinajstić information content (AvgIpc) is 3.98. The fourth-order valence-electron chi connectivity index (χ4n) is 7.44. The van der Waals surface area contributed by atoms with Gasteiger partial charge in [0.25, 0.3) is 11.8 Å². The summed E-state index contributed by atoms with van der Waals surface area (Å²) in [6.45, 7) is 1.60. The Kier molecular flexibility index (Phi) is 15.6. The summed E-state index contributed by atoms with van der Waals surface area (Å²) in [5.41, 5.74) is 5.14. The van der Waals surface area contributed by atoms with Gasteiger partial charge in [-0.15, -0.1) is 11.6 Å². The van der Waals surface area contributed by atoms with E-state index < -0.39 is 19.0 Å². The van der Waals surface area contributed by atoms with Crippen LogP contribution in [-0.2, 0) is 21.9 Å². The van der Waals surface area contributed by atoms with Crippen molar-refractivity contribution in [2.45, 2.75) is 63.4 Å². The van der Waals surface area contributed by atoms with Gasteiger partial charge in [-0.1, -0.05) is 59.6 Å². The van der Waals surface area contributed by atoms with Crippen molar-refractivity contribution in [2.75, 3.05) is 20.4 Å². The number of amides is 4. The van der Waals surface area contributed by atoms with E-state index in [2.05, 4.69) is 10.4 Å². The molecular weight excluding hydrogens is 861 g/mol. The van der Waals surface area contributed by atoms with E-state index in [1.807, 2.05) is 45.8 Å². The van der Waals surface area contributed by atoms with E-state index in [0.717, 1.165) is 66.2 Å². The number of hydrogen-bond acceptors (Lipinski definition) is 8. The molecule has 4 amide bonds. The van der Waals surface area contributed by atoms with Gasteiger partial charge in [0.1, 0.15) is 0 Å². The quantitative estimate of drug-likeness (QED) is 0.100. The van der Waals surface area contributed by atoms with Crippen LogP contribution >= 0.6 is 34.8 Å². The number of alkyl halides is 2. The second kappa shape index (κ2) is 21.0. The molecule has 0 radical (unpaired) electrons. The molecule has 10 rings (SSSR count). The molecule has 2 atom stereocenters. The van der Waals surface area contributed by atoms with E-state index in [9.17, 15) is 23.6 Å². The van der Waals surface area contributed by atoms with Gasteiger partial charge in [-0.05, 0) is 87.1 Å². The number of halogens is 4. The van der Waals surface area contributed by atoms with Crippen LogP contribution in [0.4, 0.5) is 4.39 Å². The van der Waals surface area contributed by atoms with Crippen molar-refractivity contribution in [1.29, 1.82) is 0 Å². The molecule has 0 aliphatic carbocycles. The number of hydrogen-bond donors (Lipinski definition) is 0. The SMILES string of the molecule is ClCc1nn(C2CCCCO2)c2ccc(Cl)cc12.O=C1[N-]C(=O)c2ccccc21.O=C1c2ccccc2C(=O)N1Cc1nn(C2CCCCO2)c2ccc(Cl)cc12.[2H]CF.[K+]. The fourth-order valence-corrected chi connectivity index (χ4v) is 7.98. The van der Waals surface area contributed by atoms with E-state index in [4.69, 9.17) is 50.7 Å². The minimum Gasteiger partial charge on any atom is -0.587 e. The number of nitrogens with zero attached hydrogens (tertiary/aromatic N) is 6. The van der Waals surface area contributed by atoms with Crippen molar-refractivity contribution in [1.82, 2.24) is 24.5 Å². The Morgan fingerprint density at radius 2 is 1.13 bits per heavy atom. The van der Waals surface area contributed by atoms with Gasteiger partial charge in [-0.2, -0.15) is 10.2 Å². The van der Waals surface area contributed by atoms with Crippen LogP contribution in [0.15, 0.2) is 84.9 Å². The van der Waals surface area contributed by atoms with Crippen LogP contribution in [0.25, 0.3) is 27.1 Å². The second-order valence-corrected chi connectivity index (χ2v) is 15.0. The zero-order valence-corrected chi connectivity index (χ0v) is 38.1. The van der Waals surface area contributed by atoms with Gasteiger partial charge in [0.05, 0.1) is 66.3 Å². The van der Waals surface area contributed by atoms with Crippen LogP contribution in [0.1, 0.15) is 105 Å². The third-order valence-electron chi connectivity index (χ3n) is 10.3. The van der Waals surface area contributed by atoms with E-state index in [1.54, 1.807) is 48.5 Å². The van der Waals surface area contributed by atoms with Crippen LogP contribution in [0, 0.1) is 0 Å². The minimum atomic E-state index is -1.00. The maximum atomic E-state index is 12.7. The standard InChI is InChI=1S/C21H18ClN3O3.C13H14Cl2N2O.C8H5NO2.CH3F.K/c22-13-8-9-18-16(11-13)17(23-25(18)19-7-3-4-10-28-19)12-24-20(26)14-5-1-2-6-15(14)21(24)27;14-8-11-10-7-9(15)4-5-12(10)17(16-11)13-3-1-2-6-18-13;10-7-5-3-1-2-4-6(5)8(11)9-7;1-2;/h1-2,5-6,8-9,11,19H,3-4,7,10,12H2;4-5,7,13H,1-3,6,8H2;1-4H,(H,9,10,11);1H3;/q;;;;+1/p-1/i;;;1D;. The van der Waals surface area contributed by atoms with Gasteiger partial charge in [0.2, 0.25) is 0 Å². The largest absolute Gasteiger partial charge is 1.00 e. The fraction of sp³-hybridized carbons (Fsp3) is 0.302. The van der Waals surface area contributed by atoms with Gasteiger partial charge >= 0.3 is 51.4 Å². The molecule has 0 N–H and O–H groups in total. The molecule has 6 heterocycles. The van der Waals surface area contributed by atoms with Crippen molar-refractivity contribution >= 4 is 80.2 Å². The summed E-state index contributed by atoms with van der Waals surface area (Å²) in [7, 11) is -1.00. The summed E-state index contributed by atoms with van der Waals surface area (Å²) in [4.78, 5) is 48.5. The van der Waals surface area contributed by atoms with Crippen molar-refractivity contribution < 1.29 is 85.8 Å². The molecule has 12 nitrogen and oxygen atoms in total. The van der Waals surface area contributed by atoms with E-state index in [0.29, 0.717) is 50.5 Å². The van der Waals surface area contributed by atoms with Crippen LogP contribution in [0.2, 0.25) is 10.0 Å². The average molecular weight is 901 g/mol. The van der Waals surface area contributed by atoms with Gasteiger partial charge in [0.15, 0.2) is 12.5 Å². The normalized spacial score (nSPS) is 18.2. The van der Waals surface area contributed by atoms with Gasteiger partial charge < -0.3 is 24.4 Å². The molecule has 0 bridgehead atoms. The molecule has 60 heavy (non-hydrogen) atoms. The number of aromatic nitrogens is 4. The van der Waals surface area contributed by atoms with Crippen molar-refractivity contribution in [2.24, 2.45) is 0 Å². The molecule has 306 valence electrons. The molecule has 2 aromatic heterocycles. The first-order chi connectivity index (χ1) is 29.1. The predicted molar refractivity (Wildman–Crippen MR) is 223 cm³/mol. The molecule has 2 fully saturated rings. The van der Waals surface area contributed by atoms with Crippen LogP contribution < -0.4 is 51.4 Å².